The summed E-state index contributed by atoms with van der Waals surface area (Å²) < 4.78 is 16.6. The SMILES string of the molecule is C.COC1C(OC(=O)CCC(=O)O)C2OC1C1C(=O)N(c3ccccc3)C(=O)C21.[CH3+]. The van der Waals surface area contributed by atoms with Crippen LogP contribution in [0.15, 0.2) is 30.3 Å². The number of nitrogens with zero attached hydrogens (tertiary/aromatic N) is 1. The van der Waals surface area contributed by atoms with Crippen molar-refractivity contribution in [3.63, 3.8) is 0 Å². The molecule has 0 saturated carbocycles. The lowest BCUT2D eigenvalue weighted by Gasteiger charge is -2.31. The van der Waals surface area contributed by atoms with Gasteiger partial charge in [-0.2, -0.15) is 0 Å². The van der Waals surface area contributed by atoms with E-state index < -0.39 is 54.1 Å². The number of amides is 2. The largest absolute Gasteiger partial charge is 0.481 e. The van der Waals surface area contributed by atoms with Crippen LogP contribution in [0.3, 0.4) is 0 Å². The maximum absolute atomic E-state index is 13.0. The predicted octanol–water partition coefficient (Wildman–Crippen LogP) is 1.45. The van der Waals surface area contributed by atoms with Crippen LogP contribution in [0.25, 0.3) is 0 Å². The third kappa shape index (κ3) is 3.54. The minimum Gasteiger partial charge on any atom is -0.481 e. The number of hydrogen-bond donors (Lipinski definition) is 1. The number of para-hydroxylation sites is 1. The third-order valence-corrected chi connectivity index (χ3v) is 5.49. The summed E-state index contributed by atoms with van der Waals surface area (Å²) in [5.41, 5.74) is 0.482. The molecule has 6 atom stereocenters. The van der Waals surface area contributed by atoms with Gasteiger partial charge in [-0.25, -0.2) is 4.90 Å². The van der Waals surface area contributed by atoms with Gasteiger partial charge in [-0.1, -0.05) is 25.6 Å². The fourth-order valence-electron chi connectivity index (χ4n) is 4.35. The van der Waals surface area contributed by atoms with Gasteiger partial charge < -0.3 is 19.3 Å². The van der Waals surface area contributed by atoms with E-state index in [0.717, 1.165) is 4.90 Å². The van der Waals surface area contributed by atoms with Crippen LogP contribution in [-0.2, 0) is 33.4 Å². The van der Waals surface area contributed by atoms with Gasteiger partial charge in [0.15, 0.2) is 6.10 Å². The number of esters is 1. The Bertz CT molecular complexity index is 826. The molecular formula is C21H26NO8+. The summed E-state index contributed by atoms with van der Waals surface area (Å²) in [4.78, 5) is 49.7. The van der Waals surface area contributed by atoms with Crippen LogP contribution in [0.1, 0.15) is 20.3 Å². The van der Waals surface area contributed by atoms with E-state index in [2.05, 4.69) is 0 Å². The molecule has 4 rings (SSSR count). The van der Waals surface area contributed by atoms with Gasteiger partial charge in [0.25, 0.3) is 0 Å². The van der Waals surface area contributed by atoms with Gasteiger partial charge in [0, 0.05) is 14.5 Å². The number of ether oxygens (including phenoxy) is 3. The number of carbonyl (C=O) groups excluding carboxylic acids is 3. The standard InChI is InChI=1S/C19H19NO8.CH4.CH3/c1-26-16-14-12-13(15(28-14)17(16)27-11(23)8-7-10(21)22)19(25)20(18(12)24)9-5-3-2-4-6-9;;/h2-6,12-17H,7-8H2,1H3,(H,21,22);1H4;1H3/q;;+1. The maximum atomic E-state index is 13.0. The Labute approximate surface area is 174 Å². The van der Waals surface area contributed by atoms with Crippen LogP contribution in [0, 0.1) is 19.3 Å². The fraction of sp³-hybridized carbons (Fsp3) is 0.476. The van der Waals surface area contributed by atoms with Gasteiger partial charge in [-0.3, -0.25) is 19.2 Å². The van der Waals surface area contributed by atoms with Crippen LogP contribution >= 0.6 is 0 Å². The molecule has 3 heterocycles. The molecule has 3 fully saturated rings. The molecule has 9 heteroatoms. The van der Waals surface area contributed by atoms with E-state index in [9.17, 15) is 19.2 Å². The van der Waals surface area contributed by atoms with Crippen molar-refractivity contribution in [1.29, 1.82) is 0 Å². The minimum atomic E-state index is -1.11. The number of benzene rings is 1. The molecule has 6 unspecified atom stereocenters. The molecule has 0 radical (unpaired) electrons. The van der Waals surface area contributed by atoms with Crippen LogP contribution in [0.2, 0.25) is 0 Å². The molecule has 1 N–H and O–H groups in total. The monoisotopic (exact) mass is 420 g/mol. The lowest BCUT2D eigenvalue weighted by Crippen LogP contribution is -2.50. The quantitative estimate of drug-likeness (QED) is 0.417. The average molecular weight is 420 g/mol. The number of anilines is 1. The number of carbonyl (C=O) groups is 4. The van der Waals surface area contributed by atoms with Crippen LogP contribution < -0.4 is 4.90 Å². The lowest BCUT2D eigenvalue weighted by atomic mass is 9.78. The van der Waals surface area contributed by atoms with Gasteiger partial charge in [0.05, 0.1) is 30.4 Å². The summed E-state index contributed by atoms with van der Waals surface area (Å²) in [6.45, 7) is 0. The highest BCUT2D eigenvalue weighted by molar-refractivity contribution is 6.22. The first-order valence-corrected chi connectivity index (χ1v) is 8.96. The second kappa shape index (κ2) is 8.85. The van der Waals surface area contributed by atoms with Crippen LogP contribution in [0.4, 0.5) is 5.69 Å². The predicted molar refractivity (Wildman–Crippen MR) is 105 cm³/mol. The summed E-state index contributed by atoms with van der Waals surface area (Å²) >= 11 is 0. The number of aliphatic carboxylic acids is 1. The first kappa shape index (κ1) is 23.4. The molecule has 3 aliphatic heterocycles. The summed E-state index contributed by atoms with van der Waals surface area (Å²) in [5, 5.41) is 8.71. The van der Waals surface area contributed by atoms with Crippen molar-refractivity contribution in [1.82, 2.24) is 0 Å². The van der Waals surface area contributed by atoms with Crippen molar-refractivity contribution < 1.29 is 38.5 Å². The Hall–Kier alpha value is -2.91. The van der Waals surface area contributed by atoms with Crippen molar-refractivity contribution in [2.45, 2.75) is 44.7 Å². The number of rotatable bonds is 6. The number of imide groups is 1. The van der Waals surface area contributed by atoms with Crippen LogP contribution in [0.5, 0.6) is 0 Å². The maximum Gasteiger partial charge on any atom is 0.306 e. The van der Waals surface area contributed by atoms with Crippen molar-refractivity contribution in [2.75, 3.05) is 12.0 Å². The Kier molecular flexibility index (Phi) is 6.89. The Morgan fingerprint density at radius 3 is 2.13 bits per heavy atom. The molecule has 9 nitrogen and oxygen atoms in total. The minimum absolute atomic E-state index is 0. The first-order chi connectivity index (χ1) is 13.4. The zero-order chi connectivity index (χ0) is 20.0. The molecule has 2 bridgehead atoms. The summed E-state index contributed by atoms with van der Waals surface area (Å²) in [5.74, 6) is -4.03. The number of methoxy groups -OCH3 is 1. The Morgan fingerprint density at radius 1 is 1.03 bits per heavy atom. The van der Waals surface area contributed by atoms with Crippen molar-refractivity contribution in [3.8, 4) is 0 Å². The third-order valence-electron chi connectivity index (χ3n) is 5.49. The van der Waals surface area contributed by atoms with Gasteiger partial charge >= 0.3 is 11.9 Å². The van der Waals surface area contributed by atoms with Crippen molar-refractivity contribution in [3.05, 3.63) is 37.8 Å². The van der Waals surface area contributed by atoms with Crippen molar-refractivity contribution in [2.24, 2.45) is 11.8 Å². The van der Waals surface area contributed by atoms with E-state index in [1.807, 2.05) is 0 Å². The van der Waals surface area contributed by atoms with E-state index in [-0.39, 0.29) is 33.6 Å². The molecule has 3 saturated heterocycles. The molecule has 2 amide bonds. The Balaban J connectivity index is 0.00000160. The zero-order valence-electron chi connectivity index (χ0n) is 16.0. The summed E-state index contributed by atoms with van der Waals surface area (Å²) in [6.07, 6.45) is -3.74. The van der Waals surface area contributed by atoms with E-state index in [1.165, 1.54) is 7.11 Å². The summed E-state index contributed by atoms with van der Waals surface area (Å²) in [7, 11) is 1.41. The van der Waals surface area contributed by atoms with Gasteiger partial charge in [0.2, 0.25) is 11.8 Å². The van der Waals surface area contributed by atoms with E-state index in [1.54, 1.807) is 30.3 Å². The molecular weight excluding hydrogens is 394 g/mol. The number of carboxylic acids is 1. The average Bonchev–Trinajstić information content (AvgIpc) is 3.30. The molecule has 30 heavy (non-hydrogen) atoms. The normalized spacial score (nSPS) is 31.0. The van der Waals surface area contributed by atoms with Gasteiger partial charge in [-0.15, -0.1) is 0 Å². The molecule has 0 spiro atoms. The van der Waals surface area contributed by atoms with Gasteiger partial charge in [-0.05, 0) is 12.1 Å². The molecule has 162 valence electrons. The highest BCUT2D eigenvalue weighted by Crippen LogP contribution is 2.51. The number of carboxylic acid groups (broad SMARTS) is 1. The zero-order valence-corrected chi connectivity index (χ0v) is 16.0. The second-order valence-corrected chi connectivity index (χ2v) is 7.01. The highest BCUT2D eigenvalue weighted by atomic mass is 16.6. The second-order valence-electron chi connectivity index (χ2n) is 7.01. The smallest absolute Gasteiger partial charge is 0.306 e. The molecule has 1 aromatic rings. The Morgan fingerprint density at radius 2 is 1.60 bits per heavy atom. The number of hydrogen-bond acceptors (Lipinski definition) is 7. The first-order valence-electron chi connectivity index (χ1n) is 8.96. The topological polar surface area (TPSA) is 119 Å². The highest BCUT2D eigenvalue weighted by Gasteiger charge is 2.70. The van der Waals surface area contributed by atoms with E-state index in [4.69, 9.17) is 19.3 Å². The van der Waals surface area contributed by atoms with Crippen molar-refractivity contribution >= 4 is 29.4 Å². The number of fused-ring (bicyclic) bond motifs is 5. The molecule has 0 aliphatic carbocycles. The molecule has 1 aromatic carbocycles. The summed E-state index contributed by atoms with van der Waals surface area (Å²) in [6, 6.07) is 8.61. The van der Waals surface area contributed by atoms with Crippen LogP contribution in [-0.4, -0.2) is 60.4 Å². The van der Waals surface area contributed by atoms with E-state index in [0.29, 0.717) is 5.69 Å². The molecule has 0 aromatic heterocycles. The van der Waals surface area contributed by atoms with E-state index >= 15 is 0 Å². The van der Waals surface area contributed by atoms with Gasteiger partial charge in [0.1, 0.15) is 18.3 Å². The molecule has 3 aliphatic rings. The lowest BCUT2D eigenvalue weighted by molar-refractivity contribution is -0.162. The fourth-order valence-corrected chi connectivity index (χ4v) is 4.35.